The molecule has 0 nitrogen and oxygen atoms in total. The number of hydrogen-bond donors (Lipinski definition) is 0. The van der Waals surface area contributed by atoms with Crippen LogP contribution in [0.4, 0.5) is 8.78 Å². The Kier molecular flexibility index (Phi) is 5.52. The Morgan fingerprint density at radius 1 is 0.900 bits per heavy atom. The SMILES string of the molecule is CCCCCc1ccc(-c2cc(F)c(I)c(F)c2)cc1. The number of aryl methyl sites for hydroxylation is 1. The van der Waals surface area contributed by atoms with Crippen LogP contribution in [-0.4, -0.2) is 0 Å². The summed E-state index contributed by atoms with van der Waals surface area (Å²) in [6.45, 7) is 2.18. The maximum Gasteiger partial charge on any atom is 0.140 e. The molecule has 0 unspecified atom stereocenters. The van der Waals surface area contributed by atoms with E-state index in [4.69, 9.17) is 0 Å². The van der Waals surface area contributed by atoms with Crippen molar-refractivity contribution in [3.05, 3.63) is 57.2 Å². The minimum atomic E-state index is -0.507. The minimum Gasteiger partial charge on any atom is -0.206 e. The van der Waals surface area contributed by atoms with Gasteiger partial charge >= 0.3 is 0 Å². The molecule has 0 aliphatic heterocycles. The lowest BCUT2D eigenvalue weighted by molar-refractivity contribution is 0.571. The van der Waals surface area contributed by atoms with Gasteiger partial charge in [0, 0.05) is 0 Å². The van der Waals surface area contributed by atoms with Crippen LogP contribution in [0.3, 0.4) is 0 Å². The molecule has 0 fully saturated rings. The highest BCUT2D eigenvalue weighted by Crippen LogP contribution is 2.25. The van der Waals surface area contributed by atoms with Crippen LogP contribution in [-0.2, 0) is 6.42 Å². The fourth-order valence-electron chi connectivity index (χ4n) is 2.17. The first-order valence-electron chi connectivity index (χ1n) is 6.85. The molecule has 0 saturated heterocycles. The molecule has 0 aliphatic rings. The summed E-state index contributed by atoms with van der Waals surface area (Å²) < 4.78 is 27.2. The zero-order valence-corrected chi connectivity index (χ0v) is 13.6. The van der Waals surface area contributed by atoms with Crippen LogP contribution >= 0.6 is 22.6 Å². The van der Waals surface area contributed by atoms with Gasteiger partial charge in [-0.3, -0.25) is 0 Å². The van der Waals surface area contributed by atoms with Crippen molar-refractivity contribution in [2.75, 3.05) is 0 Å². The van der Waals surface area contributed by atoms with Crippen molar-refractivity contribution < 1.29 is 8.78 Å². The molecule has 0 heterocycles. The molecule has 106 valence electrons. The van der Waals surface area contributed by atoms with Crippen LogP contribution in [0.5, 0.6) is 0 Å². The van der Waals surface area contributed by atoms with E-state index >= 15 is 0 Å². The zero-order valence-electron chi connectivity index (χ0n) is 11.4. The number of halogens is 3. The van der Waals surface area contributed by atoms with Crippen molar-refractivity contribution >= 4 is 22.6 Å². The molecular weight excluding hydrogens is 369 g/mol. The van der Waals surface area contributed by atoms with E-state index in [0.717, 1.165) is 12.0 Å². The molecule has 2 aromatic rings. The molecule has 0 amide bonds. The number of rotatable bonds is 5. The van der Waals surface area contributed by atoms with Gasteiger partial charge in [-0.25, -0.2) is 8.78 Å². The van der Waals surface area contributed by atoms with Gasteiger partial charge in [0.15, 0.2) is 0 Å². The quantitative estimate of drug-likeness (QED) is 0.338. The highest BCUT2D eigenvalue weighted by Gasteiger charge is 2.09. The Labute approximate surface area is 132 Å². The highest BCUT2D eigenvalue weighted by molar-refractivity contribution is 14.1. The molecule has 0 aromatic heterocycles. The topological polar surface area (TPSA) is 0 Å². The average molecular weight is 386 g/mol. The second-order valence-corrected chi connectivity index (χ2v) is 5.99. The smallest absolute Gasteiger partial charge is 0.140 e. The summed E-state index contributed by atoms with van der Waals surface area (Å²) in [6.07, 6.45) is 4.68. The molecule has 0 spiro atoms. The van der Waals surface area contributed by atoms with Crippen molar-refractivity contribution in [3.8, 4) is 11.1 Å². The molecule has 0 atom stereocenters. The normalized spacial score (nSPS) is 10.8. The first kappa shape index (κ1) is 15.4. The van der Waals surface area contributed by atoms with Gasteiger partial charge in [-0.2, -0.15) is 0 Å². The summed E-state index contributed by atoms with van der Waals surface area (Å²) in [7, 11) is 0. The van der Waals surface area contributed by atoms with Gasteiger partial charge in [0.2, 0.25) is 0 Å². The molecule has 0 bridgehead atoms. The fraction of sp³-hybridized carbons (Fsp3) is 0.294. The third-order valence-electron chi connectivity index (χ3n) is 3.34. The Morgan fingerprint density at radius 2 is 1.50 bits per heavy atom. The van der Waals surface area contributed by atoms with E-state index in [-0.39, 0.29) is 3.57 Å². The molecule has 0 aliphatic carbocycles. The van der Waals surface area contributed by atoms with Gasteiger partial charge in [-0.15, -0.1) is 0 Å². The predicted octanol–water partition coefficient (Wildman–Crippen LogP) is 5.97. The molecule has 3 heteroatoms. The monoisotopic (exact) mass is 386 g/mol. The zero-order chi connectivity index (χ0) is 14.5. The van der Waals surface area contributed by atoms with Crippen molar-refractivity contribution in [2.24, 2.45) is 0 Å². The van der Waals surface area contributed by atoms with Gasteiger partial charge in [0.1, 0.15) is 11.6 Å². The summed E-state index contributed by atoms with van der Waals surface area (Å²) in [5.74, 6) is -1.01. The maximum absolute atomic E-state index is 13.6. The summed E-state index contributed by atoms with van der Waals surface area (Å²) in [4.78, 5) is 0. The Morgan fingerprint density at radius 3 is 2.05 bits per heavy atom. The second kappa shape index (κ2) is 7.16. The lowest BCUT2D eigenvalue weighted by Crippen LogP contribution is -1.91. The van der Waals surface area contributed by atoms with Crippen molar-refractivity contribution in [2.45, 2.75) is 32.6 Å². The van der Waals surface area contributed by atoms with Gasteiger partial charge in [-0.1, -0.05) is 44.0 Å². The van der Waals surface area contributed by atoms with Crippen LogP contribution in [0.2, 0.25) is 0 Å². The van der Waals surface area contributed by atoms with E-state index in [1.807, 2.05) is 24.3 Å². The number of unbranched alkanes of at least 4 members (excludes halogenated alkanes) is 2. The van der Waals surface area contributed by atoms with E-state index in [2.05, 4.69) is 6.92 Å². The summed E-state index contributed by atoms with van der Waals surface area (Å²) >= 11 is 1.68. The predicted molar refractivity (Wildman–Crippen MR) is 87.7 cm³/mol. The van der Waals surface area contributed by atoms with Crippen molar-refractivity contribution in [1.29, 1.82) is 0 Å². The van der Waals surface area contributed by atoms with Gasteiger partial charge in [-0.05, 0) is 64.3 Å². The average Bonchev–Trinajstić information content (AvgIpc) is 2.45. The summed E-state index contributed by atoms with van der Waals surface area (Å²) in [5.41, 5.74) is 2.70. The molecular formula is C17H17F2I. The number of benzene rings is 2. The third kappa shape index (κ3) is 3.78. The molecule has 2 rings (SSSR count). The van der Waals surface area contributed by atoms with E-state index in [1.54, 1.807) is 22.6 Å². The molecule has 0 N–H and O–H groups in total. The standard InChI is InChI=1S/C17H17F2I/c1-2-3-4-5-12-6-8-13(9-7-12)14-10-15(18)17(20)16(19)11-14/h6-11H,2-5H2,1H3. The third-order valence-corrected chi connectivity index (χ3v) is 4.37. The first-order valence-corrected chi connectivity index (χ1v) is 7.93. The Balaban J connectivity index is 2.17. The van der Waals surface area contributed by atoms with Gasteiger partial charge in [0.25, 0.3) is 0 Å². The lowest BCUT2D eigenvalue weighted by atomic mass is 10.0. The summed E-state index contributed by atoms with van der Waals surface area (Å²) in [6, 6.07) is 10.7. The van der Waals surface area contributed by atoms with Crippen molar-refractivity contribution in [1.82, 2.24) is 0 Å². The number of hydrogen-bond acceptors (Lipinski definition) is 0. The lowest BCUT2D eigenvalue weighted by Gasteiger charge is -2.06. The Hall–Kier alpha value is -0.970. The molecule has 0 radical (unpaired) electrons. The van der Waals surface area contributed by atoms with Crippen LogP contribution in [0.1, 0.15) is 31.7 Å². The highest BCUT2D eigenvalue weighted by atomic mass is 127. The van der Waals surface area contributed by atoms with E-state index in [1.165, 1.54) is 37.0 Å². The molecule has 0 saturated carbocycles. The van der Waals surface area contributed by atoms with E-state index < -0.39 is 11.6 Å². The van der Waals surface area contributed by atoms with E-state index in [0.29, 0.717) is 5.56 Å². The van der Waals surface area contributed by atoms with Gasteiger partial charge in [0.05, 0.1) is 3.57 Å². The van der Waals surface area contributed by atoms with Crippen LogP contribution in [0, 0.1) is 15.2 Å². The largest absolute Gasteiger partial charge is 0.206 e. The van der Waals surface area contributed by atoms with Crippen LogP contribution in [0.15, 0.2) is 36.4 Å². The molecule has 20 heavy (non-hydrogen) atoms. The summed E-state index contributed by atoms with van der Waals surface area (Å²) in [5, 5.41) is 0. The van der Waals surface area contributed by atoms with E-state index in [9.17, 15) is 8.78 Å². The second-order valence-electron chi connectivity index (χ2n) is 4.91. The van der Waals surface area contributed by atoms with Crippen molar-refractivity contribution in [3.63, 3.8) is 0 Å². The minimum absolute atomic E-state index is 0.0440. The van der Waals surface area contributed by atoms with Crippen LogP contribution in [0.25, 0.3) is 11.1 Å². The maximum atomic E-state index is 13.6. The first-order chi connectivity index (χ1) is 9.61. The van der Waals surface area contributed by atoms with Crippen LogP contribution < -0.4 is 0 Å². The Bertz CT molecular complexity index is 553. The fourth-order valence-corrected chi connectivity index (χ4v) is 2.48. The molecule has 2 aromatic carbocycles. The van der Waals surface area contributed by atoms with Gasteiger partial charge < -0.3 is 0 Å².